The van der Waals surface area contributed by atoms with Crippen LogP contribution in [0.5, 0.6) is 0 Å². The molecule has 1 aromatic rings. The number of carbonyl (C=O) groups is 1. The summed E-state index contributed by atoms with van der Waals surface area (Å²) in [6, 6.07) is 4.06. The number of hydrogen-bond donors (Lipinski definition) is 4. The Labute approximate surface area is 175 Å². The molecule has 0 aromatic heterocycles. The first-order chi connectivity index (χ1) is 13.7. The van der Waals surface area contributed by atoms with Crippen LogP contribution in [0.15, 0.2) is 12.1 Å². The van der Waals surface area contributed by atoms with E-state index in [2.05, 4.69) is 22.5 Å². The van der Waals surface area contributed by atoms with Crippen molar-refractivity contribution >= 4 is 23.0 Å². The molecule has 1 aromatic carbocycles. The Morgan fingerprint density at radius 3 is 2.31 bits per heavy atom. The minimum Gasteiger partial charge on any atom is -0.397 e. The first kappa shape index (κ1) is 21.8. The van der Waals surface area contributed by atoms with Crippen molar-refractivity contribution in [1.29, 1.82) is 0 Å². The summed E-state index contributed by atoms with van der Waals surface area (Å²) in [7, 11) is 1.85. The molecule has 3 rings (SSSR count). The van der Waals surface area contributed by atoms with Crippen molar-refractivity contribution in [3.8, 4) is 0 Å². The average molecular weight is 403 g/mol. The summed E-state index contributed by atoms with van der Waals surface area (Å²) >= 11 is 0. The van der Waals surface area contributed by atoms with Gasteiger partial charge >= 0.3 is 0 Å². The van der Waals surface area contributed by atoms with Crippen molar-refractivity contribution < 1.29 is 9.90 Å². The maximum atomic E-state index is 13.2. The second kappa shape index (κ2) is 8.82. The molecule has 6 nitrogen and oxygen atoms in total. The van der Waals surface area contributed by atoms with Crippen molar-refractivity contribution in [2.45, 2.75) is 70.9 Å². The highest BCUT2D eigenvalue weighted by Gasteiger charge is 2.32. The number of nitrogens with two attached hydrogens (primary N) is 1. The number of nitrogen functional groups attached to an aromatic ring is 1. The van der Waals surface area contributed by atoms with Crippen LogP contribution in [0.2, 0.25) is 0 Å². The van der Waals surface area contributed by atoms with Crippen LogP contribution in [-0.2, 0) is 0 Å². The second-order valence-corrected chi connectivity index (χ2v) is 9.55. The Balaban J connectivity index is 1.80. The van der Waals surface area contributed by atoms with E-state index in [0.717, 1.165) is 56.1 Å². The Kier molecular flexibility index (Phi) is 6.62. The molecule has 0 unspecified atom stereocenters. The summed E-state index contributed by atoms with van der Waals surface area (Å²) in [4.78, 5) is 15.4. The van der Waals surface area contributed by atoms with Crippen molar-refractivity contribution in [3.05, 3.63) is 17.7 Å². The topological polar surface area (TPSA) is 90.6 Å². The smallest absolute Gasteiger partial charge is 0.253 e. The van der Waals surface area contributed by atoms with E-state index in [1.165, 1.54) is 12.8 Å². The minimum atomic E-state index is -0.665. The average Bonchev–Trinajstić information content (AvgIpc) is 2.69. The van der Waals surface area contributed by atoms with Crippen molar-refractivity contribution in [1.82, 2.24) is 5.32 Å². The van der Waals surface area contributed by atoms with Crippen LogP contribution in [0.4, 0.5) is 17.1 Å². The van der Waals surface area contributed by atoms with Crippen LogP contribution >= 0.6 is 0 Å². The van der Waals surface area contributed by atoms with E-state index in [1.54, 1.807) is 0 Å². The molecule has 2 fully saturated rings. The summed E-state index contributed by atoms with van der Waals surface area (Å²) in [5.41, 5.74) is 8.55. The van der Waals surface area contributed by atoms with Gasteiger partial charge in [0.05, 0.1) is 28.2 Å². The molecule has 0 radical (unpaired) electrons. The molecule has 0 bridgehead atoms. The third-order valence-corrected chi connectivity index (χ3v) is 6.87. The molecule has 6 heteroatoms. The number of anilines is 3. The Hall–Kier alpha value is -1.95. The van der Waals surface area contributed by atoms with Crippen molar-refractivity contribution in [3.63, 3.8) is 0 Å². The first-order valence-electron chi connectivity index (χ1n) is 11.1. The van der Waals surface area contributed by atoms with Gasteiger partial charge in [0.1, 0.15) is 0 Å². The fraction of sp³-hybridized carbons (Fsp3) is 0.696. The molecule has 0 atom stereocenters. The molecule has 5 N–H and O–H groups in total. The minimum absolute atomic E-state index is 0.0292. The van der Waals surface area contributed by atoms with Crippen LogP contribution in [0.1, 0.15) is 69.7 Å². The van der Waals surface area contributed by atoms with Crippen molar-refractivity contribution in [2.75, 3.05) is 36.1 Å². The lowest BCUT2D eigenvalue weighted by molar-refractivity contribution is 0.00649. The summed E-state index contributed by atoms with van der Waals surface area (Å²) < 4.78 is 0. The van der Waals surface area contributed by atoms with Crippen LogP contribution < -0.4 is 21.3 Å². The number of hydrogen-bond acceptors (Lipinski definition) is 5. The zero-order valence-corrected chi connectivity index (χ0v) is 18.4. The molecule has 1 aliphatic carbocycles. The van der Waals surface area contributed by atoms with Gasteiger partial charge in [-0.2, -0.15) is 0 Å². The van der Waals surface area contributed by atoms with Gasteiger partial charge in [-0.1, -0.05) is 6.92 Å². The second-order valence-electron chi connectivity index (χ2n) is 9.55. The SMILES string of the molecule is CNc1cc(N2CCC(C(C)(C)O)CC2)c(C(=O)NC2CCC(C)CC2)cc1N. The number of amides is 1. The lowest BCUT2D eigenvalue weighted by Gasteiger charge is -2.39. The summed E-state index contributed by atoms with van der Waals surface area (Å²) in [5, 5.41) is 16.7. The predicted molar refractivity (Wildman–Crippen MR) is 121 cm³/mol. The lowest BCUT2D eigenvalue weighted by Crippen LogP contribution is -2.43. The molecule has 1 saturated carbocycles. The number of rotatable bonds is 5. The monoisotopic (exact) mass is 402 g/mol. The van der Waals surface area contributed by atoms with Crippen molar-refractivity contribution in [2.24, 2.45) is 11.8 Å². The van der Waals surface area contributed by atoms with Crippen LogP contribution in [0.3, 0.4) is 0 Å². The zero-order chi connectivity index (χ0) is 21.2. The summed E-state index contributed by atoms with van der Waals surface area (Å²) in [6.45, 7) is 7.70. The Morgan fingerprint density at radius 2 is 1.76 bits per heavy atom. The van der Waals surface area contributed by atoms with E-state index in [0.29, 0.717) is 11.3 Å². The van der Waals surface area contributed by atoms with Gasteiger partial charge < -0.3 is 26.4 Å². The third-order valence-electron chi connectivity index (χ3n) is 6.87. The largest absolute Gasteiger partial charge is 0.397 e. The van der Waals surface area contributed by atoms with Gasteiger partial charge in [0.2, 0.25) is 0 Å². The van der Waals surface area contributed by atoms with Gasteiger partial charge in [0, 0.05) is 26.2 Å². The van der Waals surface area contributed by atoms with Gasteiger partial charge in [-0.05, 0) is 76.3 Å². The van der Waals surface area contributed by atoms with E-state index in [-0.39, 0.29) is 17.9 Å². The predicted octanol–water partition coefficient (Wildman–Crippen LogP) is 3.61. The number of nitrogens with zero attached hydrogens (tertiary/aromatic N) is 1. The molecule has 2 aliphatic rings. The van der Waals surface area contributed by atoms with Gasteiger partial charge in [-0.15, -0.1) is 0 Å². The quantitative estimate of drug-likeness (QED) is 0.565. The van der Waals surface area contributed by atoms with E-state index < -0.39 is 5.60 Å². The highest BCUT2D eigenvalue weighted by molar-refractivity contribution is 6.02. The first-order valence-corrected chi connectivity index (χ1v) is 11.1. The fourth-order valence-electron chi connectivity index (χ4n) is 4.76. The molecule has 1 amide bonds. The van der Waals surface area contributed by atoms with Crippen LogP contribution in [0, 0.1) is 11.8 Å². The maximum absolute atomic E-state index is 13.2. The molecular weight excluding hydrogens is 364 g/mol. The Bertz CT molecular complexity index is 712. The van der Waals surface area contributed by atoms with Gasteiger partial charge in [-0.3, -0.25) is 4.79 Å². The van der Waals surface area contributed by atoms with Gasteiger partial charge in [0.25, 0.3) is 5.91 Å². The molecule has 1 aliphatic heterocycles. The molecule has 0 spiro atoms. The summed E-state index contributed by atoms with van der Waals surface area (Å²) in [5.74, 6) is 0.998. The van der Waals surface area contributed by atoms with Crippen LogP contribution in [-0.4, -0.2) is 42.8 Å². The van der Waals surface area contributed by atoms with E-state index >= 15 is 0 Å². The fourth-order valence-corrected chi connectivity index (χ4v) is 4.76. The van der Waals surface area contributed by atoms with E-state index in [9.17, 15) is 9.90 Å². The highest BCUT2D eigenvalue weighted by atomic mass is 16.3. The maximum Gasteiger partial charge on any atom is 0.253 e. The number of carbonyl (C=O) groups excluding carboxylic acids is 1. The highest BCUT2D eigenvalue weighted by Crippen LogP contribution is 2.35. The molecule has 1 heterocycles. The van der Waals surface area contributed by atoms with Gasteiger partial charge in [0.15, 0.2) is 0 Å². The molecule has 162 valence electrons. The Morgan fingerprint density at radius 1 is 1.14 bits per heavy atom. The molecular formula is C23H38N4O2. The standard InChI is InChI=1S/C23H38N4O2/c1-15-5-7-17(8-6-15)26-22(28)18-13-19(24)20(25-4)14-21(18)27-11-9-16(10-12-27)23(2,3)29/h13-17,25,29H,5-12,24H2,1-4H3,(H,26,28). The normalized spacial score (nSPS) is 23.7. The van der Waals surface area contributed by atoms with Gasteiger partial charge in [-0.25, -0.2) is 0 Å². The molecule has 29 heavy (non-hydrogen) atoms. The zero-order valence-electron chi connectivity index (χ0n) is 18.4. The lowest BCUT2D eigenvalue weighted by atomic mass is 9.83. The third kappa shape index (κ3) is 5.16. The number of aliphatic hydroxyl groups is 1. The van der Waals surface area contributed by atoms with E-state index in [4.69, 9.17) is 5.73 Å². The number of benzene rings is 1. The van der Waals surface area contributed by atoms with Crippen LogP contribution in [0.25, 0.3) is 0 Å². The molecule has 1 saturated heterocycles. The summed E-state index contributed by atoms with van der Waals surface area (Å²) in [6.07, 6.45) is 6.24. The number of nitrogens with one attached hydrogen (secondary N) is 2. The number of piperidine rings is 1. The van der Waals surface area contributed by atoms with E-state index in [1.807, 2.05) is 33.0 Å².